The number of ether oxygens (including phenoxy) is 1. The first-order valence-corrected chi connectivity index (χ1v) is 8.80. The molecule has 9 heteroatoms. The van der Waals surface area contributed by atoms with Gasteiger partial charge in [0, 0.05) is 32.2 Å². The maximum Gasteiger partial charge on any atom is 0.292 e. The van der Waals surface area contributed by atoms with E-state index in [1.54, 1.807) is 17.0 Å². The number of sulfonamides is 1. The molecule has 0 N–H and O–H groups in total. The van der Waals surface area contributed by atoms with E-state index in [1.165, 1.54) is 35.8 Å². The zero-order chi connectivity index (χ0) is 17.2. The highest BCUT2D eigenvalue weighted by molar-refractivity contribution is 7.89. The van der Waals surface area contributed by atoms with Crippen LogP contribution in [0.5, 0.6) is 5.75 Å². The Morgan fingerprint density at radius 1 is 1.12 bits per heavy atom. The van der Waals surface area contributed by atoms with Crippen LogP contribution in [0.25, 0.3) is 0 Å². The maximum atomic E-state index is 12.6. The first kappa shape index (κ1) is 16.5. The number of methoxy groups -OCH3 is 1. The third kappa shape index (κ3) is 3.13. The largest absolute Gasteiger partial charge is 0.497 e. The fourth-order valence-corrected chi connectivity index (χ4v) is 3.93. The molecule has 0 bridgehead atoms. The normalized spacial score (nSPS) is 16.1. The summed E-state index contributed by atoms with van der Waals surface area (Å²) in [7, 11) is -2.06. The van der Waals surface area contributed by atoms with Crippen molar-refractivity contribution in [2.75, 3.05) is 33.3 Å². The van der Waals surface area contributed by atoms with Gasteiger partial charge in [0.15, 0.2) is 0 Å². The zero-order valence-corrected chi connectivity index (χ0v) is 13.9. The Bertz CT molecular complexity index is 794. The summed E-state index contributed by atoms with van der Waals surface area (Å²) < 4.78 is 36.5. The number of aromatic nitrogens is 1. The fraction of sp³-hybridized carbons (Fsp3) is 0.333. The van der Waals surface area contributed by atoms with Crippen LogP contribution in [-0.2, 0) is 10.0 Å². The van der Waals surface area contributed by atoms with Gasteiger partial charge in [0.05, 0.1) is 18.2 Å². The molecule has 1 amide bonds. The lowest BCUT2D eigenvalue weighted by Gasteiger charge is -2.33. The van der Waals surface area contributed by atoms with Crippen molar-refractivity contribution in [1.29, 1.82) is 0 Å². The van der Waals surface area contributed by atoms with Gasteiger partial charge in [-0.2, -0.15) is 4.31 Å². The summed E-state index contributed by atoms with van der Waals surface area (Å²) >= 11 is 0. The lowest BCUT2D eigenvalue weighted by Crippen LogP contribution is -2.50. The molecular weight excluding hydrogens is 334 g/mol. The minimum atomic E-state index is -3.59. The zero-order valence-electron chi connectivity index (χ0n) is 13.1. The summed E-state index contributed by atoms with van der Waals surface area (Å²) in [5.41, 5.74) is 0. The molecule has 0 saturated carbocycles. The van der Waals surface area contributed by atoms with E-state index in [9.17, 15) is 13.2 Å². The van der Waals surface area contributed by atoms with Crippen LogP contribution in [0.4, 0.5) is 0 Å². The monoisotopic (exact) mass is 351 g/mol. The molecule has 0 aliphatic carbocycles. The summed E-state index contributed by atoms with van der Waals surface area (Å²) in [6.07, 6.45) is 1.40. The van der Waals surface area contributed by atoms with Crippen molar-refractivity contribution in [2.45, 2.75) is 4.90 Å². The summed E-state index contributed by atoms with van der Waals surface area (Å²) in [6, 6.07) is 7.73. The number of benzene rings is 1. The van der Waals surface area contributed by atoms with Crippen molar-refractivity contribution in [2.24, 2.45) is 0 Å². The van der Waals surface area contributed by atoms with Crippen LogP contribution in [0, 0.1) is 0 Å². The number of rotatable bonds is 4. The molecule has 1 aliphatic heterocycles. The number of amides is 1. The Kier molecular flexibility index (Phi) is 4.54. The highest BCUT2D eigenvalue weighted by Crippen LogP contribution is 2.21. The molecular formula is C15H17N3O5S. The molecule has 1 aromatic heterocycles. The first-order valence-electron chi connectivity index (χ1n) is 7.36. The molecule has 1 aliphatic rings. The van der Waals surface area contributed by atoms with Gasteiger partial charge in [-0.25, -0.2) is 8.42 Å². The Morgan fingerprint density at radius 2 is 1.79 bits per heavy atom. The first-order chi connectivity index (χ1) is 11.5. The standard InChI is InChI=1S/C15H17N3O5S/c1-22-12-2-4-13(5-3-12)24(20,21)18-10-8-17(9-11-18)15(19)14-6-7-16-23-14/h2-7H,8-11H2,1H3. The Hall–Kier alpha value is -2.39. The van der Waals surface area contributed by atoms with E-state index in [2.05, 4.69) is 5.16 Å². The molecule has 1 fully saturated rings. The van der Waals surface area contributed by atoms with Gasteiger partial charge in [-0.05, 0) is 24.3 Å². The van der Waals surface area contributed by atoms with Crippen LogP contribution >= 0.6 is 0 Å². The molecule has 1 saturated heterocycles. The van der Waals surface area contributed by atoms with Gasteiger partial charge in [0.1, 0.15) is 5.75 Å². The average molecular weight is 351 g/mol. The smallest absolute Gasteiger partial charge is 0.292 e. The van der Waals surface area contributed by atoms with Crippen LogP contribution in [-0.4, -0.2) is 62.0 Å². The second-order valence-corrected chi connectivity index (χ2v) is 7.19. The molecule has 2 aromatic rings. The molecule has 1 aromatic carbocycles. The third-order valence-electron chi connectivity index (χ3n) is 3.87. The Balaban J connectivity index is 1.68. The quantitative estimate of drug-likeness (QED) is 0.810. The summed E-state index contributed by atoms with van der Waals surface area (Å²) in [4.78, 5) is 13.9. The second kappa shape index (κ2) is 6.62. The number of hydrogen-bond acceptors (Lipinski definition) is 6. The number of nitrogens with zero attached hydrogens (tertiary/aromatic N) is 3. The molecule has 0 radical (unpaired) electrons. The number of carbonyl (C=O) groups excluding carboxylic acids is 1. The van der Waals surface area contributed by atoms with Crippen molar-refractivity contribution in [3.63, 3.8) is 0 Å². The lowest BCUT2D eigenvalue weighted by atomic mass is 10.3. The summed E-state index contributed by atoms with van der Waals surface area (Å²) in [5.74, 6) is 0.465. The second-order valence-electron chi connectivity index (χ2n) is 5.25. The SMILES string of the molecule is COc1ccc(S(=O)(=O)N2CCN(C(=O)c3ccno3)CC2)cc1. The van der Waals surface area contributed by atoms with Gasteiger partial charge >= 0.3 is 0 Å². The number of hydrogen-bond donors (Lipinski definition) is 0. The molecule has 3 rings (SSSR count). The van der Waals surface area contributed by atoms with E-state index in [4.69, 9.17) is 9.26 Å². The topological polar surface area (TPSA) is 93.0 Å². The Morgan fingerprint density at radius 3 is 2.33 bits per heavy atom. The van der Waals surface area contributed by atoms with Crippen LogP contribution in [0.1, 0.15) is 10.6 Å². The van der Waals surface area contributed by atoms with E-state index < -0.39 is 10.0 Å². The molecule has 0 atom stereocenters. The van der Waals surface area contributed by atoms with Gasteiger partial charge in [0.2, 0.25) is 15.8 Å². The van der Waals surface area contributed by atoms with Gasteiger partial charge < -0.3 is 14.2 Å². The lowest BCUT2D eigenvalue weighted by molar-refractivity contribution is 0.0656. The van der Waals surface area contributed by atoms with E-state index in [-0.39, 0.29) is 29.7 Å². The minimum absolute atomic E-state index is 0.154. The molecule has 8 nitrogen and oxygen atoms in total. The molecule has 128 valence electrons. The predicted octanol–water partition coefficient (Wildman–Crippen LogP) is 0.830. The molecule has 24 heavy (non-hydrogen) atoms. The number of carbonyl (C=O) groups is 1. The van der Waals surface area contributed by atoms with Crippen LogP contribution in [0.3, 0.4) is 0 Å². The van der Waals surface area contributed by atoms with Gasteiger partial charge in [-0.1, -0.05) is 5.16 Å². The van der Waals surface area contributed by atoms with Crippen molar-refractivity contribution in [3.8, 4) is 5.75 Å². The van der Waals surface area contributed by atoms with Crippen molar-refractivity contribution < 1.29 is 22.5 Å². The van der Waals surface area contributed by atoms with Crippen LogP contribution in [0.15, 0.2) is 45.9 Å². The predicted molar refractivity (Wildman–Crippen MR) is 84.2 cm³/mol. The molecule has 2 heterocycles. The highest BCUT2D eigenvalue weighted by Gasteiger charge is 2.31. The van der Waals surface area contributed by atoms with E-state index in [0.29, 0.717) is 18.8 Å². The van der Waals surface area contributed by atoms with Gasteiger partial charge in [-0.15, -0.1) is 0 Å². The van der Waals surface area contributed by atoms with E-state index in [0.717, 1.165) is 0 Å². The van der Waals surface area contributed by atoms with Crippen LogP contribution < -0.4 is 4.74 Å². The van der Waals surface area contributed by atoms with Gasteiger partial charge in [0.25, 0.3) is 5.91 Å². The third-order valence-corrected chi connectivity index (χ3v) is 5.78. The highest BCUT2D eigenvalue weighted by atomic mass is 32.2. The summed E-state index contributed by atoms with van der Waals surface area (Å²) in [6.45, 7) is 1.06. The van der Waals surface area contributed by atoms with Crippen molar-refractivity contribution >= 4 is 15.9 Å². The average Bonchev–Trinajstić information content (AvgIpc) is 3.16. The van der Waals surface area contributed by atoms with E-state index in [1.807, 2.05) is 0 Å². The van der Waals surface area contributed by atoms with Crippen LogP contribution in [0.2, 0.25) is 0 Å². The van der Waals surface area contributed by atoms with Crippen molar-refractivity contribution in [1.82, 2.24) is 14.4 Å². The number of piperazine rings is 1. The minimum Gasteiger partial charge on any atom is -0.497 e. The Labute approximate surface area is 139 Å². The van der Waals surface area contributed by atoms with Crippen molar-refractivity contribution in [3.05, 3.63) is 42.3 Å². The molecule has 0 unspecified atom stereocenters. The summed E-state index contributed by atoms with van der Waals surface area (Å²) in [5, 5.41) is 3.51. The van der Waals surface area contributed by atoms with Gasteiger partial charge in [-0.3, -0.25) is 4.79 Å². The molecule has 0 spiro atoms. The maximum absolute atomic E-state index is 12.6. The fourth-order valence-electron chi connectivity index (χ4n) is 2.51. The van der Waals surface area contributed by atoms with E-state index >= 15 is 0 Å².